The summed E-state index contributed by atoms with van der Waals surface area (Å²) in [5, 5.41) is 0. The monoisotopic (exact) mass is 211 g/mol. The SMILES string of the molecule is CCOCC(=O)N1CCCC2CCCC21. The Morgan fingerprint density at radius 2 is 2.13 bits per heavy atom. The van der Waals surface area contributed by atoms with Crippen molar-refractivity contribution in [2.45, 2.75) is 45.1 Å². The second-order valence-electron chi connectivity index (χ2n) is 4.62. The highest BCUT2D eigenvalue weighted by molar-refractivity contribution is 5.78. The van der Waals surface area contributed by atoms with Crippen LogP contribution in [0, 0.1) is 5.92 Å². The van der Waals surface area contributed by atoms with Crippen LogP contribution in [0.5, 0.6) is 0 Å². The van der Waals surface area contributed by atoms with Gasteiger partial charge in [0.15, 0.2) is 0 Å². The van der Waals surface area contributed by atoms with Crippen molar-refractivity contribution >= 4 is 5.91 Å². The summed E-state index contributed by atoms with van der Waals surface area (Å²) >= 11 is 0. The lowest BCUT2D eigenvalue weighted by Gasteiger charge is -2.37. The van der Waals surface area contributed by atoms with Crippen molar-refractivity contribution in [2.75, 3.05) is 19.8 Å². The van der Waals surface area contributed by atoms with Crippen molar-refractivity contribution in [3.05, 3.63) is 0 Å². The number of fused-ring (bicyclic) bond motifs is 1. The number of rotatable bonds is 3. The maximum absolute atomic E-state index is 11.9. The van der Waals surface area contributed by atoms with E-state index in [4.69, 9.17) is 4.74 Å². The zero-order chi connectivity index (χ0) is 10.7. The Morgan fingerprint density at radius 3 is 2.93 bits per heavy atom. The van der Waals surface area contributed by atoms with E-state index < -0.39 is 0 Å². The Morgan fingerprint density at radius 1 is 1.33 bits per heavy atom. The van der Waals surface area contributed by atoms with Crippen molar-refractivity contribution in [3.8, 4) is 0 Å². The van der Waals surface area contributed by atoms with Crippen LogP contribution in [0.3, 0.4) is 0 Å². The fourth-order valence-corrected chi connectivity index (χ4v) is 3.04. The van der Waals surface area contributed by atoms with Gasteiger partial charge in [0.2, 0.25) is 5.91 Å². The number of nitrogens with zero attached hydrogens (tertiary/aromatic N) is 1. The number of carbonyl (C=O) groups is 1. The second kappa shape index (κ2) is 4.97. The Bertz CT molecular complexity index is 230. The van der Waals surface area contributed by atoms with E-state index in [1.807, 2.05) is 6.92 Å². The Balaban J connectivity index is 1.92. The summed E-state index contributed by atoms with van der Waals surface area (Å²) < 4.78 is 5.21. The largest absolute Gasteiger partial charge is 0.372 e. The molecule has 3 heteroatoms. The quantitative estimate of drug-likeness (QED) is 0.712. The summed E-state index contributed by atoms with van der Waals surface area (Å²) in [6.07, 6.45) is 6.33. The number of hydrogen-bond acceptors (Lipinski definition) is 2. The summed E-state index contributed by atoms with van der Waals surface area (Å²) in [4.78, 5) is 14.0. The molecule has 2 rings (SSSR count). The molecule has 86 valence electrons. The lowest BCUT2D eigenvalue weighted by Crippen LogP contribution is -2.47. The van der Waals surface area contributed by atoms with Crippen LogP contribution in [0.1, 0.15) is 39.0 Å². The number of amides is 1. The normalized spacial score (nSPS) is 30.3. The van der Waals surface area contributed by atoms with E-state index in [1.165, 1.54) is 32.1 Å². The lowest BCUT2D eigenvalue weighted by molar-refractivity contribution is -0.140. The molecule has 0 N–H and O–H groups in total. The van der Waals surface area contributed by atoms with Gasteiger partial charge in [0.1, 0.15) is 6.61 Å². The molecular weight excluding hydrogens is 190 g/mol. The number of likely N-dealkylation sites (tertiary alicyclic amines) is 1. The molecule has 1 aliphatic carbocycles. The van der Waals surface area contributed by atoms with Gasteiger partial charge in [0.05, 0.1) is 0 Å². The zero-order valence-electron chi connectivity index (χ0n) is 9.58. The smallest absolute Gasteiger partial charge is 0.248 e. The molecule has 0 bridgehead atoms. The number of piperidine rings is 1. The summed E-state index contributed by atoms with van der Waals surface area (Å²) in [5.41, 5.74) is 0. The number of carbonyl (C=O) groups excluding carboxylic acids is 1. The Kier molecular flexibility index (Phi) is 3.62. The molecule has 1 saturated heterocycles. The predicted octanol–water partition coefficient (Wildman–Crippen LogP) is 1.81. The van der Waals surface area contributed by atoms with Crippen LogP contribution in [0.25, 0.3) is 0 Å². The molecule has 2 unspecified atom stereocenters. The van der Waals surface area contributed by atoms with Gasteiger partial charge in [-0.05, 0) is 38.5 Å². The van der Waals surface area contributed by atoms with E-state index in [2.05, 4.69) is 4.90 Å². The van der Waals surface area contributed by atoms with Crippen LogP contribution >= 0.6 is 0 Å². The summed E-state index contributed by atoms with van der Waals surface area (Å²) in [6, 6.07) is 0.534. The van der Waals surface area contributed by atoms with E-state index >= 15 is 0 Å². The van der Waals surface area contributed by atoms with Crippen molar-refractivity contribution in [3.63, 3.8) is 0 Å². The molecule has 2 atom stereocenters. The molecule has 1 saturated carbocycles. The Labute approximate surface area is 91.8 Å². The van der Waals surface area contributed by atoms with Crippen LogP contribution in [0.2, 0.25) is 0 Å². The molecule has 1 aliphatic heterocycles. The minimum Gasteiger partial charge on any atom is -0.372 e. The second-order valence-corrected chi connectivity index (χ2v) is 4.62. The van der Waals surface area contributed by atoms with Gasteiger partial charge in [-0.25, -0.2) is 0 Å². The number of ether oxygens (including phenoxy) is 1. The van der Waals surface area contributed by atoms with Crippen LogP contribution in [0.4, 0.5) is 0 Å². The summed E-state index contributed by atoms with van der Waals surface area (Å²) in [6.45, 7) is 3.79. The highest BCUT2D eigenvalue weighted by Crippen LogP contribution is 2.36. The fraction of sp³-hybridized carbons (Fsp3) is 0.917. The third kappa shape index (κ3) is 2.33. The number of hydrogen-bond donors (Lipinski definition) is 0. The fourth-order valence-electron chi connectivity index (χ4n) is 3.04. The zero-order valence-corrected chi connectivity index (χ0v) is 9.58. The Hall–Kier alpha value is -0.570. The van der Waals surface area contributed by atoms with Gasteiger partial charge in [-0.1, -0.05) is 6.42 Å². The van der Waals surface area contributed by atoms with Gasteiger partial charge < -0.3 is 9.64 Å². The van der Waals surface area contributed by atoms with Crippen LogP contribution in [-0.2, 0) is 9.53 Å². The first-order valence-corrected chi connectivity index (χ1v) is 6.20. The molecule has 1 heterocycles. The molecule has 15 heavy (non-hydrogen) atoms. The highest BCUT2D eigenvalue weighted by Gasteiger charge is 2.36. The molecule has 2 aliphatic rings. The van der Waals surface area contributed by atoms with Gasteiger partial charge >= 0.3 is 0 Å². The van der Waals surface area contributed by atoms with E-state index in [0.717, 1.165) is 12.5 Å². The van der Waals surface area contributed by atoms with Gasteiger partial charge in [-0.3, -0.25) is 4.79 Å². The molecule has 0 aromatic carbocycles. The summed E-state index contributed by atoms with van der Waals surface area (Å²) in [7, 11) is 0. The molecule has 0 spiro atoms. The maximum atomic E-state index is 11.9. The van der Waals surface area contributed by atoms with Crippen LogP contribution in [0.15, 0.2) is 0 Å². The molecule has 2 fully saturated rings. The van der Waals surface area contributed by atoms with E-state index in [0.29, 0.717) is 12.6 Å². The standard InChI is InChI=1S/C12H21NO2/c1-2-15-9-12(14)13-8-4-6-10-5-3-7-11(10)13/h10-11H,2-9H2,1H3. The topological polar surface area (TPSA) is 29.5 Å². The lowest BCUT2D eigenvalue weighted by atomic mass is 9.92. The van der Waals surface area contributed by atoms with Crippen molar-refractivity contribution in [1.29, 1.82) is 0 Å². The summed E-state index contributed by atoms with van der Waals surface area (Å²) in [5.74, 6) is 0.984. The van der Waals surface area contributed by atoms with Gasteiger partial charge in [0, 0.05) is 19.2 Å². The van der Waals surface area contributed by atoms with Gasteiger partial charge in [-0.15, -0.1) is 0 Å². The van der Waals surface area contributed by atoms with Crippen molar-refractivity contribution < 1.29 is 9.53 Å². The van der Waals surface area contributed by atoms with E-state index in [9.17, 15) is 4.79 Å². The average molecular weight is 211 g/mol. The molecule has 3 nitrogen and oxygen atoms in total. The van der Waals surface area contributed by atoms with E-state index in [-0.39, 0.29) is 12.5 Å². The van der Waals surface area contributed by atoms with Crippen molar-refractivity contribution in [2.24, 2.45) is 5.92 Å². The van der Waals surface area contributed by atoms with Crippen LogP contribution in [-0.4, -0.2) is 36.6 Å². The minimum atomic E-state index is 0.202. The molecule has 1 amide bonds. The first-order valence-electron chi connectivity index (χ1n) is 6.20. The highest BCUT2D eigenvalue weighted by atomic mass is 16.5. The van der Waals surface area contributed by atoms with Gasteiger partial charge in [0.25, 0.3) is 0 Å². The third-order valence-electron chi connectivity index (χ3n) is 3.74. The van der Waals surface area contributed by atoms with E-state index in [1.54, 1.807) is 0 Å². The van der Waals surface area contributed by atoms with Gasteiger partial charge in [-0.2, -0.15) is 0 Å². The maximum Gasteiger partial charge on any atom is 0.248 e. The molecular formula is C12H21NO2. The van der Waals surface area contributed by atoms with Crippen LogP contribution < -0.4 is 0 Å². The minimum absolute atomic E-state index is 0.202. The first-order chi connectivity index (χ1) is 7.33. The molecule has 0 aromatic rings. The molecule has 0 aromatic heterocycles. The first kappa shape index (κ1) is 10.9. The average Bonchev–Trinajstić information content (AvgIpc) is 2.73. The predicted molar refractivity (Wildman–Crippen MR) is 58.6 cm³/mol. The third-order valence-corrected chi connectivity index (χ3v) is 3.74. The van der Waals surface area contributed by atoms with Crippen molar-refractivity contribution in [1.82, 2.24) is 4.90 Å². The molecule has 0 radical (unpaired) electrons.